The van der Waals surface area contributed by atoms with Crippen molar-refractivity contribution in [2.45, 2.75) is 20.3 Å². The lowest BCUT2D eigenvalue weighted by atomic mass is 10.4. The molecule has 5 nitrogen and oxygen atoms in total. The molecule has 1 heterocycles. The fourth-order valence-corrected chi connectivity index (χ4v) is 0.834. The third-order valence-corrected chi connectivity index (χ3v) is 1.51. The molecule has 0 saturated carbocycles. The van der Waals surface area contributed by atoms with Gasteiger partial charge in [-0.3, -0.25) is 4.79 Å². The Bertz CT molecular complexity index is 297. The van der Waals surface area contributed by atoms with Crippen molar-refractivity contribution in [3.63, 3.8) is 0 Å². The van der Waals surface area contributed by atoms with Crippen molar-refractivity contribution in [3.8, 4) is 5.88 Å². The molecule has 0 saturated heterocycles. The Morgan fingerprint density at radius 1 is 1.43 bits per heavy atom. The van der Waals surface area contributed by atoms with E-state index in [1.165, 1.54) is 12.4 Å². The van der Waals surface area contributed by atoms with Crippen LogP contribution in [0.25, 0.3) is 0 Å². The van der Waals surface area contributed by atoms with Crippen LogP contribution in [0.4, 0.5) is 5.82 Å². The fourth-order valence-electron chi connectivity index (χ4n) is 0.834. The standard InChI is InChI=1S/C9H13N3O2/c1-3-8(13)12-7-5-11-9(6-10-7)14-4-2/h5-6H,3-4H2,1-2H3,(H,10,12,13). The van der Waals surface area contributed by atoms with Gasteiger partial charge in [-0.15, -0.1) is 0 Å². The van der Waals surface area contributed by atoms with Crippen molar-refractivity contribution in [2.24, 2.45) is 0 Å². The molecule has 76 valence electrons. The van der Waals surface area contributed by atoms with Crippen LogP contribution in [-0.4, -0.2) is 22.5 Å². The fraction of sp³-hybridized carbons (Fsp3) is 0.444. The molecule has 0 atom stereocenters. The molecule has 0 radical (unpaired) electrons. The molecule has 5 heteroatoms. The van der Waals surface area contributed by atoms with Crippen molar-refractivity contribution >= 4 is 11.7 Å². The van der Waals surface area contributed by atoms with Crippen LogP contribution in [0.1, 0.15) is 20.3 Å². The quantitative estimate of drug-likeness (QED) is 0.784. The average molecular weight is 195 g/mol. The molecule has 0 spiro atoms. The predicted octanol–water partition coefficient (Wildman–Crippen LogP) is 1.22. The van der Waals surface area contributed by atoms with E-state index in [0.717, 1.165) is 0 Å². The highest BCUT2D eigenvalue weighted by Gasteiger charge is 2.00. The molecule has 0 fully saturated rings. The SMILES string of the molecule is CCOc1cnc(NC(=O)CC)cn1. The van der Waals surface area contributed by atoms with Crippen molar-refractivity contribution in [1.82, 2.24) is 9.97 Å². The van der Waals surface area contributed by atoms with E-state index < -0.39 is 0 Å². The van der Waals surface area contributed by atoms with E-state index in [9.17, 15) is 4.79 Å². The maximum Gasteiger partial charge on any atom is 0.232 e. The summed E-state index contributed by atoms with van der Waals surface area (Å²) >= 11 is 0. The van der Waals surface area contributed by atoms with Crippen LogP contribution in [0.2, 0.25) is 0 Å². The maximum atomic E-state index is 11.0. The van der Waals surface area contributed by atoms with Gasteiger partial charge in [-0.05, 0) is 6.92 Å². The maximum absolute atomic E-state index is 11.0. The summed E-state index contributed by atoms with van der Waals surface area (Å²) in [5.41, 5.74) is 0. The molecule has 1 aromatic heterocycles. The van der Waals surface area contributed by atoms with Crippen LogP contribution >= 0.6 is 0 Å². The number of carbonyl (C=O) groups is 1. The van der Waals surface area contributed by atoms with Gasteiger partial charge in [-0.2, -0.15) is 0 Å². The highest BCUT2D eigenvalue weighted by Crippen LogP contribution is 2.07. The summed E-state index contributed by atoms with van der Waals surface area (Å²) in [6.07, 6.45) is 3.38. The largest absolute Gasteiger partial charge is 0.477 e. The number of anilines is 1. The first-order chi connectivity index (χ1) is 6.76. The van der Waals surface area contributed by atoms with Gasteiger partial charge in [0.2, 0.25) is 11.8 Å². The summed E-state index contributed by atoms with van der Waals surface area (Å²) < 4.78 is 5.11. The minimum absolute atomic E-state index is 0.0801. The Morgan fingerprint density at radius 3 is 2.71 bits per heavy atom. The van der Waals surface area contributed by atoms with Crippen molar-refractivity contribution < 1.29 is 9.53 Å². The number of hydrogen-bond donors (Lipinski definition) is 1. The molecular formula is C9H13N3O2. The van der Waals surface area contributed by atoms with Crippen molar-refractivity contribution in [2.75, 3.05) is 11.9 Å². The molecule has 0 bridgehead atoms. The summed E-state index contributed by atoms with van der Waals surface area (Å²) in [7, 11) is 0. The summed E-state index contributed by atoms with van der Waals surface area (Å²) in [6.45, 7) is 4.20. The molecule has 14 heavy (non-hydrogen) atoms. The summed E-state index contributed by atoms with van der Waals surface area (Å²) in [5.74, 6) is 0.825. The third-order valence-electron chi connectivity index (χ3n) is 1.51. The zero-order valence-corrected chi connectivity index (χ0v) is 8.28. The zero-order valence-electron chi connectivity index (χ0n) is 8.28. The van der Waals surface area contributed by atoms with Gasteiger partial charge in [-0.25, -0.2) is 9.97 Å². The minimum atomic E-state index is -0.0801. The van der Waals surface area contributed by atoms with Gasteiger partial charge >= 0.3 is 0 Å². The van der Waals surface area contributed by atoms with E-state index in [1.54, 1.807) is 6.92 Å². The summed E-state index contributed by atoms with van der Waals surface area (Å²) in [6, 6.07) is 0. The number of hydrogen-bond acceptors (Lipinski definition) is 4. The molecule has 0 aromatic carbocycles. The van der Waals surface area contributed by atoms with Crippen LogP contribution < -0.4 is 10.1 Å². The highest BCUT2D eigenvalue weighted by molar-refractivity contribution is 5.89. The van der Waals surface area contributed by atoms with Crippen LogP contribution in [0.5, 0.6) is 5.88 Å². The van der Waals surface area contributed by atoms with E-state index >= 15 is 0 Å². The van der Waals surface area contributed by atoms with E-state index in [4.69, 9.17) is 4.74 Å². The zero-order chi connectivity index (χ0) is 10.4. The normalized spacial score (nSPS) is 9.57. The predicted molar refractivity (Wildman–Crippen MR) is 52.1 cm³/mol. The smallest absolute Gasteiger partial charge is 0.232 e. The number of nitrogens with one attached hydrogen (secondary N) is 1. The lowest BCUT2D eigenvalue weighted by Gasteiger charge is -2.03. The lowest BCUT2D eigenvalue weighted by molar-refractivity contribution is -0.115. The number of carbonyl (C=O) groups excluding carboxylic acids is 1. The Kier molecular flexibility index (Phi) is 3.84. The van der Waals surface area contributed by atoms with E-state index in [0.29, 0.717) is 24.7 Å². The first-order valence-corrected chi connectivity index (χ1v) is 4.51. The summed E-state index contributed by atoms with van der Waals surface area (Å²) in [5, 5.41) is 2.59. The minimum Gasteiger partial charge on any atom is -0.477 e. The van der Waals surface area contributed by atoms with Gasteiger partial charge in [-0.1, -0.05) is 6.92 Å². The van der Waals surface area contributed by atoms with E-state index in [1.807, 2.05) is 6.92 Å². The molecule has 0 aliphatic carbocycles. The molecular weight excluding hydrogens is 182 g/mol. The molecule has 0 aliphatic heterocycles. The van der Waals surface area contributed by atoms with E-state index in [2.05, 4.69) is 15.3 Å². The topological polar surface area (TPSA) is 64.1 Å². The van der Waals surface area contributed by atoms with E-state index in [-0.39, 0.29) is 5.91 Å². The first-order valence-electron chi connectivity index (χ1n) is 4.51. The van der Waals surface area contributed by atoms with Gasteiger partial charge in [0.05, 0.1) is 19.0 Å². The number of nitrogens with zero attached hydrogens (tertiary/aromatic N) is 2. The van der Waals surface area contributed by atoms with Gasteiger partial charge in [0, 0.05) is 6.42 Å². The first kappa shape index (κ1) is 10.4. The molecule has 1 rings (SSSR count). The molecule has 1 N–H and O–H groups in total. The number of rotatable bonds is 4. The van der Waals surface area contributed by atoms with Gasteiger partial charge in [0.1, 0.15) is 0 Å². The van der Waals surface area contributed by atoms with Gasteiger partial charge in [0.25, 0.3) is 0 Å². The molecule has 1 aromatic rings. The van der Waals surface area contributed by atoms with Crippen LogP contribution in [0, 0.1) is 0 Å². The Hall–Kier alpha value is -1.65. The van der Waals surface area contributed by atoms with Crippen LogP contribution in [-0.2, 0) is 4.79 Å². The molecule has 0 unspecified atom stereocenters. The van der Waals surface area contributed by atoms with Crippen molar-refractivity contribution in [1.29, 1.82) is 0 Å². The third kappa shape index (κ3) is 3.01. The monoisotopic (exact) mass is 195 g/mol. The Morgan fingerprint density at radius 2 is 2.21 bits per heavy atom. The van der Waals surface area contributed by atoms with Crippen LogP contribution in [0.3, 0.4) is 0 Å². The van der Waals surface area contributed by atoms with Gasteiger partial charge in [0.15, 0.2) is 5.82 Å². The summed E-state index contributed by atoms with van der Waals surface area (Å²) in [4.78, 5) is 18.9. The highest BCUT2D eigenvalue weighted by atomic mass is 16.5. The van der Waals surface area contributed by atoms with Crippen LogP contribution in [0.15, 0.2) is 12.4 Å². The number of amides is 1. The second-order valence-corrected chi connectivity index (χ2v) is 2.57. The second-order valence-electron chi connectivity index (χ2n) is 2.57. The molecule has 0 aliphatic rings. The number of aromatic nitrogens is 2. The number of ether oxygens (including phenoxy) is 1. The molecule has 1 amide bonds. The van der Waals surface area contributed by atoms with Gasteiger partial charge < -0.3 is 10.1 Å². The average Bonchev–Trinajstić information content (AvgIpc) is 2.21. The Labute approximate surface area is 82.5 Å². The second kappa shape index (κ2) is 5.16. The lowest BCUT2D eigenvalue weighted by Crippen LogP contribution is -2.11. The Balaban J connectivity index is 2.59. The van der Waals surface area contributed by atoms with Crippen molar-refractivity contribution in [3.05, 3.63) is 12.4 Å².